The van der Waals surface area contributed by atoms with Gasteiger partial charge in [-0.1, -0.05) is 61.3 Å². The molecule has 0 N–H and O–H groups in total. The average molecular weight is 687 g/mol. The summed E-state index contributed by atoms with van der Waals surface area (Å²) >= 11 is 14.0. The van der Waals surface area contributed by atoms with Gasteiger partial charge in [0.1, 0.15) is 16.5 Å². The normalized spacial score (nSPS) is 29.4. The van der Waals surface area contributed by atoms with E-state index in [2.05, 4.69) is 25.7 Å². The number of hydrogen-bond acceptors (Lipinski definition) is 6. The van der Waals surface area contributed by atoms with E-state index in [1.165, 1.54) is 11.8 Å². The number of halogens is 3. The van der Waals surface area contributed by atoms with E-state index in [1.54, 1.807) is 9.80 Å². The number of hydrogen-bond donors (Lipinski definition) is 0. The van der Waals surface area contributed by atoms with Crippen LogP contribution in [0.5, 0.6) is 0 Å². The molecule has 2 aromatic rings. The van der Waals surface area contributed by atoms with Crippen LogP contribution in [0.4, 0.5) is 4.39 Å². The summed E-state index contributed by atoms with van der Waals surface area (Å²) in [6.45, 7) is 8.71. The van der Waals surface area contributed by atoms with Crippen molar-refractivity contribution in [2.45, 2.75) is 70.2 Å². The molecule has 246 valence electrons. The fourth-order valence-corrected chi connectivity index (χ4v) is 9.34. The number of likely N-dealkylation sites (N-methyl/N-ethyl adjacent to an activating group) is 1. The highest BCUT2D eigenvalue weighted by atomic mass is 35.5. The highest BCUT2D eigenvalue weighted by molar-refractivity contribution is 8.18. The number of amidine groups is 1. The standard InChI is InChI=1S/C35H42Cl2FN5O2S/c1-20(2)29-30(33(45)42-21(3)7-16-27(42)32(44)41-18-23(17-38)28(19-41)40(5)6)46-34-39-35(4,24-10-14-26(37)15-11-24)31(43(29)34)22-8-12-25(36)13-9-22/h8-15,20-21,23,27-28,31H,7,16-19H2,1-6H3/t21-,23+,27+,28-,31-,35+/m1/s1. The molecule has 11 heteroatoms. The summed E-state index contributed by atoms with van der Waals surface area (Å²) in [5, 5.41) is 2.06. The number of thioether (sulfide) groups is 1. The molecule has 7 nitrogen and oxygen atoms in total. The number of alkyl halides is 1. The minimum Gasteiger partial charge on any atom is -0.339 e. The van der Waals surface area contributed by atoms with Crippen LogP contribution in [0, 0.1) is 11.8 Å². The van der Waals surface area contributed by atoms with Crippen molar-refractivity contribution >= 4 is 51.9 Å². The topological polar surface area (TPSA) is 59.5 Å². The van der Waals surface area contributed by atoms with Crippen LogP contribution < -0.4 is 0 Å². The van der Waals surface area contributed by atoms with Gasteiger partial charge >= 0.3 is 0 Å². The molecule has 0 aromatic heterocycles. The first kappa shape index (κ1) is 33.3. The summed E-state index contributed by atoms with van der Waals surface area (Å²) < 4.78 is 13.9. The second-order valence-corrected chi connectivity index (χ2v) is 15.5. The quantitative estimate of drug-likeness (QED) is 0.315. The predicted octanol–water partition coefficient (Wildman–Crippen LogP) is 6.97. The van der Waals surface area contributed by atoms with Crippen molar-refractivity contribution in [3.63, 3.8) is 0 Å². The number of likely N-dealkylation sites (tertiary alicyclic amines) is 2. The molecule has 4 aliphatic heterocycles. The van der Waals surface area contributed by atoms with Gasteiger partial charge in [0.25, 0.3) is 5.91 Å². The Bertz CT molecular complexity index is 1570. The molecule has 46 heavy (non-hydrogen) atoms. The zero-order valence-electron chi connectivity index (χ0n) is 27.2. The number of nitrogens with zero attached hydrogens (tertiary/aromatic N) is 5. The number of allylic oxidation sites excluding steroid dienone is 1. The molecule has 6 atom stereocenters. The fraction of sp³-hybridized carbons (Fsp3) is 0.514. The number of carbonyl (C=O) groups is 2. The Balaban J connectivity index is 1.37. The van der Waals surface area contributed by atoms with Crippen molar-refractivity contribution in [3.05, 3.63) is 80.3 Å². The summed E-state index contributed by atoms with van der Waals surface area (Å²) in [7, 11) is 3.85. The lowest BCUT2D eigenvalue weighted by Crippen LogP contribution is -2.50. The number of rotatable bonds is 7. The Morgan fingerprint density at radius 3 is 2.24 bits per heavy atom. The molecule has 0 bridgehead atoms. The first-order valence-corrected chi connectivity index (χ1v) is 17.6. The van der Waals surface area contributed by atoms with Crippen molar-refractivity contribution in [2.75, 3.05) is 33.9 Å². The van der Waals surface area contributed by atoms with E-state index in [1.807, 2.05) is 74.4 Å². The second kappa shape index (κ2) is 12.8. The Hall–Kier alpha value is -2.59. The molecule has 0 aliphatic carbocycles. The lowest BCUT2D eigenvalue weighted by molar-refractivity contribution is -0.142. The van der Waals surface area contributed by atoms with E-state index in [4.69, 9.17) is 28.2 Å². The van der Waals surface area contributed by atoms with E-state index in [-0.39, 0.29) is 41.8 Å². The first-order valence-electron chi connectivity index (χ1n) is 16.0. The van der Waals surface area contributed by atoms with Gasteiger partial charge in [-0.15, -0.1) is 0 Å². The molecule has 2 aromatic carbocycles. The van der Waals surface area contributed by atoms with Crippen LogP contribution in [0.3, 0.4) is 0 Å². The third kappa shape index (κ3) is 5.65. The van der Waals surface area contributed by atoms with Crippen molar-refractivity contribution in [1.82, 2.24) is 19.6 Å². The summed E-state index contributed by atoms with van der Waals surface area (Å²) in [6, 6.07) is 14.7. The van der Waals surface area contributed by atoms with Crippen LogP contribution in [0.15, 0.2) is 64.1 Å². The molecule has 0 saturated carbocycles. The number of amides is 2. The van der Waals surface area contributed by atoms with Crippen LogP contribution in [0.25, 0.3) is 0 Å². The fourth-order valence-electron chi connectivity index (χ4n) is 7.73. The van der Waals surface area contributed by atoms with E-state index < -0.39 is 18.3 Å². The van der Waals surface area contributed by atoms with E-state index in [0.29, 0.717) is 34.5 Å². The monoisotopic (exact) mass is 685 g/mol. The molecule has 0 spiro atoms. The molecule has 0 unspecified atom stereocenters. The van der Waals surface area contributed by atoms with Gasteiger partial charge in [0.15, 0.2) is 5.17 Å². The SMILES string of the molecule is CC(C)C1=C(C(=O)N2[C@H](C)CC[C@H]2C(=O)N2C[C@H](CF)[C@H](N(C)C)C2)SC2=N[C@@](C)(c3ccc(Cl)cc3)[C@@H](c3ccc(Cl)cc3)N21. The molecule has 2 fully saturated rings. The van der Waals surface area contributed by atoms with E-state index in [9.17, 15) is 14.0 Å². The lowest BCUT2D eigenvalue weighted by atomic mass is 9.81. The van der Waals surface area contributed by atoms with Gasteiger partial charge in [-0.3, -0.25) is 14.0 Å². The Morgan fingerprint density at radius 2 is 1.67 bits per heavy atom. The van der Waals surface area contributed by atoms with Crippen LogP contribution in [0.2, 0.25) is 10.0 Å². The number of aliphatic imine (C=N–C) groups is 1. The Labute approximate surface area is 285 Å². The number of carbonyl (C=O) groups excluding carboxylic acids is 2. The van der Waals surface area contributed by atoms with Gasteiger partial charge < -0.3 is 19.6 Å². The third-order valence-corrected chi connectivity index (χ3v) is 11.7. The summed E-state index contributed by atoms with van der Waals surface area (Å²) in [5.41, 5.74) is 2.29. The van der Waals surface area contributed by atoms with E-state index >= 15 is 0 Å². The lowest BCUT2D eigenvalue weighted by Gasteiger charge is -2.37. The third-order valence-electron chi connectivity index (χ3n) is 10.1. The first-order chi connectivity index (χ1) is 21.8. The molecule has 4 heterocycles. The van der Waals surface area contributed by atoms with Crippen molar-refractivity contribution in [1.29, 1.82) is 0 Å². The predicted molar refractivity (Wildman–Crippen MR) is 185 cm³/mol. The van der Waals surface area contributed by atoms with Crippen LogP contribution in [-0.2, 0) is 15.1 Å². The molecule has 6 rings (SSSR count). The highest BCUT2D eigenvalue weighted by Crippen LogP contribution is 2.56. The van der Waals surface area contributed by atoms with Crippen LogP contribution in [0.1, 0.15) is 57.7 Å². The van der Waals surface area contributed by atoms with E-state index in [0.717, 1.165) is 28.4 Å². The average Bonchev–Trinajstić information content (AvgIpc) is 3.78. The largest absolute Gasteiger partial charge is 0.339 e. The van der Waals surface area contributed by atoms with Crippen molar-refractivity contribution in [2.24, 2.45) is 16.8 Å². The van der Waals surface area contributed by atoms with Crippen molar-refractivity contribution in [3.8, 4) is 0 Å². The van der Waals surface area contributed by atoms with Gasteiger partial charge in [0.05, 0.1) is 12.7 Å². The smallest absolute Gasteiger partial charge is 0.263 e. The maximum atomic E-state index is 14.7. The van der Waals surface area contributed by atoms with Gasteiger partial charge in [0.2, 0.25) is 5.91 Å². The molecular formula is C35H42Cl2FN5O2S. The van der Waals surface area contributed by atoms with Crippen molar-refractivity contribution < 1.29 is 14.0 Å². The molecule has 4 aliphatic rings. The van der Waals surface area contributed by atoms with Gasteiger partial charge in [-0.2, -0.15) is 0 Å². The van der Waals surface area contributed by atoms with Crippen LogP contribution in [-0.4, -0.2) is 88.6 Å². The maximum Gasteiger partial charge on any atom is 0.263 e. The Morgan fingerprint density at radius 1 is 1.04 bits per heavy atom. The highest BCUT2D eigenvalue weighted by Gasteiger charge is 2.54. The summed E-state index contributed by atoms with van der Waals surface area (Å²) in [4.78, 5) is 42.4. The minimum atomic E-state index is -0.666. The summed E-state index contributed by atoms with van der Waals surface area (Å²) in [5.74, 6) is -0.448. The van der Waals surface area contributed by atoms with Gasteiger partial charge in [0, 0.05) is 46.8 Å². The minimum absolute atomic E-state index is 0.00155. The molecular weight excluding hydrogens is 644 g/mol. The van der Waals surface area contributed by atoms with Gasteiger partial charge in [-0.25, -0.2) is 4.99 Å². The number of fused-ring (bicyclic) bond motifs is 1. The Kier molecular flexibility index (Phi) is 9.26. The molecule has 0 radical (unpaired) electrons. The molecule has 2 amide bonds. The van der Waals surface area contributed by atoms with Crippen LogP contribution >= 0.6 is 35.0 Å². The second-order valence-electron chi connectivity index (χ2n) is 13.7. The summed E-state index contributed by atoms with van der Waals surface area (Å²) in [6.07, 6.45) is 1.33. The van der Waals surface area contributed by atoms with Gasteiger partial charge in [-0.05, 0) is 93.9 Å². The maximum absolute atomic E-state index is 14.7. The zero-order chi connectivity index (χ0) is 33.1. The number of benzene rings is 2. The zero-order valence-corrected chi connectivity index (χ0v) is 29.5. The molecule has 2 saturated heterocycles.